The molecule has 0 radical (unpaired) electrons. The molecule has 6 nitrogen and oxygen atoms in total. The van der Waals surface area contributed by atoms with E-state index < -0.39 is 0 Å². The van der Waals surface area contributed by atoms with Gasteiger partial charge >= 0.3 is 0 Å². The number of rotatable bonds is 5. The molecule has 116 valence electrons. The standard InChI is InChI=1S/C16H19N3O3/c1-10(14-5-7-15(8-6-14)17-13(4)20)18-21-9-16-11(2)19-22-12(16)3/h5-8H,9H2,1-4H3,(H,17,20)/b18-10+. The van der Waals surface area contributed by atoms with Crippen LogP contribution < -0.4 is 5.32 Å². The van der Waals surface area contributed by atoms with Crippen LogP contribution in [-0.4, -0.2) is 16.8 Å². The van der Waals surface area contributed by atoms with Crippen molar-refractivity contribution in [2.75, 3.05) is 5.32 Å². The van der Waals surface area contributed by atoms with Crippen LogP contribution in [0.2, 0.25) is 0 Å². The van der Waals surface area contributed by atoms with Crippen molar-refractivity contribution in [3.63, 3.8) is 0 Å². The van der Waals surface area contributed by atoms with Crippen LogP contribution in [0, 0.1) is 13.8 Å². The lowest BCUT2D eigenvalue weighted by Crippen LogP contribution is -2.06. The fourth-order valence-electron chi connectivity index (χ4n) is 1.95. The number of nitrogens with zero attached hydrogens (tertiary/aromatic N) is 2. The van der Waals surface area contributed by atoms with Gasteiger partial charge in [-0.05, 0) is 38.5 Å². The van der Waals surface area contributed by atoms with E-state index in [0.29, 0.717) is 6.61 Å². The average molecular weight is 301 g/mol. The number of hydrogen-bond donors (Lipinski definition) is 1. The van der Waals surface area contributed by atoms with Gasteiger partial charge in [0, 0.05) is 12.6 Å². The van der Waals surface area contributed by atoms with E-state index in [9.17, 15) is 4.79 Å². The number of carbonyl (C=O) groups excluding carboxylic acids is 1. The van der Waals surface area contributed by atoms with Crippen molar-refractivity contribution in [1.82, 2.24) is 5.16 Å². The number of hydrogen-bond acceptors (Lipinski definition) is 5. The number of benzene rings is 1. The predicted octanol–water partition coefficient (Wildman–Crippen LogP) is 3.19. The zero-order chi connectivity index (χ0) is 16.1. The van der Waals surface area contributed by atoms with Gasteiger partial charge in [0.25, 0.3) is 0 Å². The van der Waals surface area contributed by atoms with E-state index in [1.807, 2.05) is 45.0 Å². The minimum Gasteiger partial charge on any atom is -0.390 e. The van der Waals surface area contributed by atoms with Crippen LogP contribution >= 0.6 is 0 Å². The van der Waals surface area contributed by atoms with Crippen molar-refractivity contribution < 1.29 is 14.2 Å². The third kappa shape index (κ3) is 3.94. The Morgan fingerprint density at radius 1 is 1.27 bits per heavy atom. The average Bonchev–Trinajstić information content (AvgIpc) is 2.79. The van der Waals surface area contributed by atoms with Crippen molar-refractivity contribution in [3.05, 3.63) is 46.8 Å². The highest BCUT2D eigenvalue weighted by Gasteiger charge is 2.09. The predicted molar refractivity (Wildman–Crippen MR) is 83.7 cm³/mol. The number of carbonyl (C=O) groups is 1. The SMILES string of the molecule is CC(=O)Nc1ccc(/C(C)=N/OCc2c(C)noc2C)cc1. The fraction of sp³-hybridized carbons (Fsp3) is 0.312. The third-order valence-corrected chi connectivity index (χ3v) is 3.21. The second-order valence-corrected chi connectivity index (χ2v) is 5.01. The van der Waals surface area contributed by atoms with Crippen molar-refractivity contribution in [2.45, 2.75) is 34.3 Å². The number of aromatic nitrogens is 1. The lowest BCUT2D eigenvalue weighted by Gasteiger charge is -2.05. The molecule has 1 aromatic carbocycles. The lowest BCUT2D eigenvalue weighted by molar-refractivity contribution is -0.114. The summed E-state index contributed by atoms with van der Waals surface area (Å²) in [6.45, 7) is 7.37. The van der Waals surface area contributed by atoms with Crippen LogP contribution in [-0.2, 0) is 16.2 Å². The van der Waals surface area contributed by atoms with Gasteiger partial charge in [0.05, 0.1) is 17.0 Å². The molecule has 1 N–H and O–H groups in total. The topological polar surface area (TPSA) is 76.7 Å². The first-order valence-corrected chi connectivity index (χ1v) is 6.93. The summed E-state index contributed by atoms with van der Waals surface area (Å²) >= 11 is 0. The van der Waals surface area contributed by atoms with Crippen LogP contribution in [0.4, 0.5) is 5.69 Å². The highest BCUT2D eigenvalue weighted by molar-refractivity contribution is 5.99. The minimum atomic E-state index is -0.0964. The zero-order valence-corrected chi connectivity index (χ0v) is 13.1. The number of amides is 1. The molecule has 1 amide bonds. The van der Waals surface area contributed by atoms with Crippen molar-refractivity contribution in [3.8, 4) is 0 Å². The monoisotopic (exact) mass is 301 g/mol. The van der Waals surface area contributed by atoms with Gasteiger partial charge in [-0.2, -0.15) is 0 Å². The van der Waals surface area contributed by atoms with Gasteiger partial charge < -0.3 is 14.7 Å². The van der Waals surface area contributed by atoms with Gasteiger partial charge in [-0.15, -0.1) is 0 Å². The number of aryl methyl sites for hydroxylation is 2. The Kier molecular flexibility index (Phi) is 4.93. The van der Waals surface area contributed by atoms with E-state index in [1.165, 1.54) is 6.92 Å². The van der Waals surface area contributed by atoms with Crippen molar-refractivity contribution in [1.29, 1.82) is 0 Å². The smallest absolute Gasteiger partial charge is 0.221 e. The summed E-state index contributed by atoms with van der Waals surface area (Å²) in [7, 11) is 0. The Hall–Kier alpha value is -2.63. The van der Waals surface area contributed by atoms with Gasteiger partial charge in [0.1, 0.15) is 12.4 Å². The van der Waals surface area contributed by atoms with Crippen LogP contribution in [0.15, 0.2) is 33.9 Å². The maximum Gasteiger partial charge on any atom is 0.221 e. The normalized spacial score (nSPS) is 11.4. The van der Waals surface area contributed by atoms with Gasteiger partial charge in [0.15, 0.2) is 0 Å². The lowest BCUT2D eigenvalue weighted by atomic mass is 10.1. The molecule has 22 heavy (non-hydrogen) atoms. The molecule has 1 aromatic heterocycles. The summed E-state index contributed by atoms with van der Waals surface area (Å²) in [6.07, 6.45) is 0. The molecular weight excluding hydrogens is 282 g/mol. The van der Waals surface area contributed by atoms with E-state index in [4.69, 9.17) is 9.36 Å². The molecule has 0 saturated carbocycles. The second-order valence-electron chi connectivity index (χ2n) is 5.01. The Morgan fingerprint density at radius 2 is 1.95 bits per heavy atom. The molecule has 0 fully saturated rings. The van der Waals surface area contributed by atoms with Crippen molar-refractivity contribution in [2.24, 2.45) is 5.16 Å². The molecular formula is C16H19N3O3. The summed E-state index contributed by atoms with van der Waals surface area (Å²) < 4.78 is 5.07. The van der Waals surface area contributed by atoms with Crippen LogP contribution in [0.25, 0.3) is 0 Å². The van der Waals surface area contributed by atoms with Crippen LogP contribution in [0.5, 0.6) is 0 Å². The fourth-order valence-corrected chi connectivity index (χ4v) is 1.95. The maximum atomic E-state index is 11.0. The highest BCUT2D eigenvalue weighted by Crippen LogP contribution is 2.14. The highest BCUT2D eigenvalue weighted by atomic mass is 16.6. The summed E-state index contributed by atoms with van der Waals surface area (Å²) in [6, 6.07) is 7.40. The number of oxime groups is 1. The molecule has 0 atom stereocenters. The Morgan fingerprint density at radius 3 is 2.50 bits per heavy atom. The van der Waals surface area contributed by atoms with Crippen LogP contribution in [0.3, 0.4) is 0 Å². The first-order valence-electron chi connectivity index (χ1n) is 6.93. The molecule has 2 aromatic rings. The summed E-state index contributed by atoms with van der Waals surface area (Å²) in [4.78, 5) is 16.3. The van der Waals surface area contributed by atoms with Gasteiger partial charge in [-0.25, -0.2) is 0 Å². The molecule has 1 heterocycles. The second kappa shape index (κ2) is 6.89. The minimum absolute atomic E-state index is 0.0964. The molecule has 0 aliphatic rings. The molecule has 0 aliphatic heterocycles. The Balaban J connectivity index is 1.98. The molecule has 6 heteroatoms. The van der Waals surface area contributed by atoms with Gasteiger partial charge in [0.2, 0.25) is 5.91 Å². The van der Waals surface area contributed by atoms with Crippen LogP contribution in [0.1, 0.15) is 36.4 Å². The Labute approximate surface area is 129 Å². The summed E-state index contributed by atoms with van der Waals surface area (Å²) in [5.74, 6) is 0.644. The maximum absolute atomic E-state index is 11.0. The van der Waals surface area contributed by atoms with E-state index >= 15 is 0 Å². The Bertz CT molecular complexity index is 668. The van der Waals surface area contributed by atoms with E-state index in [2.05, 4.69) is 15.6 Å². The molecule has 2 rings (SSSR count). The van der Waals surface area contributed by atoms with Gasteiger partial charge in [-0.3, -0.25) is 4.79 Å². The summed E-state index contributed by atoms with van der Waals surface area (Å²) in [5, 5.41) is 10.7. The molecule has 0 bridgehead atoms. The largest absolute Gasteiger partial charge is 0.390 e. The number of anilines is 1. The van der Waals surface area contributed by atoms with E-state index in [-0.39, 0.29) is 5.91 Å². The molecule has 0 saturated heterocycles. The zero-order valence-electron chi connectivity index (χ0n) is 13.1. The first-order chi connectivity index (χ1) is 10.5. The van der Waals surface area contributed by atoms with Gasteiger partial charge in [-0.1, -0.05) is 22.4 Å². The molecule has 0 aliphatic carbocycles. The van der Waals surface area contributed by atoms with E-state index in [1.54, 1.807) is 0 Å². The molecule has 0 spiro atoms. The number of nitrogens with one attached hydrogen (secondary N) is 1. The van der Waals surface area contributed by atoms with E-state index in [0.717, 1.165) is 34.0 Å². The quantitative estimate of drug-likeness (QED) is 0.679. The first kappa shape index (κ1) is 15.8. The summed E-state index contributed by atoms with van der Waals surface area (Å²) in [5.41, 5.74) is 4.15. The third-order valence-electron chi connectivity index (χ3n) is 3.21. The molecule has 0 unspecified atom stereocenters. The van der Waals surface area contributed by atoms with Crippen molar-refractivity contribution >= 4 is 17.3 Å².